The molecular weight excluding hydrogens is 367 g/mol. The summed E-state index contributed by atoms with van der Waals surface area (Å²) in [6.45, 7) is 1.38. The van der Waals surface area contributed by atoms with Crippen LogP contribution in [-0.4, -0.2) is 38.4 Å². The molecular formula is C23H25FN4O. The zero-order chi connectivity index (χ0) is 19.8. The molecule has 0 spiro atoms. The van der Waals surface area contributed by atoms with Gasteiger partial charge < -0.3 is 9.47 Å². The second-order valence-electron chi connectivity index (χ2n) is 8.26. The molecule has 0 unspecified atom stereocenters. The van der Waals surface area contributed by atoms with Crippen LogP contribution in [0.5, 0.6) is 0 Å². The van der Waals surface area contributed by atoms with Crippen molar-refractivity contribution >= 4 is 17.1 Å². The monoisotopic (exact) mass is 392 g/mol. The van der Waals surface area contributed by atoms with Crippen LogP contribution in [0.2, 0.25) is 0 Å². The van der Waals surface area contributed by atoms with Crippen molar-refractivity contribution in [1.29, 1.82) is 0 Å². The van der Waals surface area contributed by atoms with Crippen LogP contribution in [0, 0.1) is 5.82 Å². The Labute approximate surface area is 169 Å². The van der Waals surface area contributed by atoms with Crippen LogP contribution in [0.4, 0.5) is 4.39 Å². The van der Waals surface area contributed by atoms with Crippen molar-refractivity contribution in [3.05, 3.63) is 59.8 Å². The average molecular weight is 392 g/mol. The van der Waals surface area contributed by atoms with E-state index in [1.807, 2.05) is 23.2 Å². The van der Waals surface area contributed by atoms with Crippen molar-refractivity contribution < 1.29 is 9.18 Å². The number of hydrogen-bond donors (Lipinski definition) is 0. The minimum absolute atomic E-state index is 0.0536. The molecule has 5 rings (SSSR count). The van der Waals surface area contributed by atoms with E-state index in [1.165, 1.54) is 37.8 Å². The first-order chi connectivity index (χ1) is 14.2. The van der Waals surface area contributed by atoms with Crippen LogP contribution in [0.25, 0.3) is 11.2 Å². The maximum Gasteiger partial charge on any atom is 0.227 e. The molecule has 2 fully saturated rings. The molecule has 3 aromatic rings. The van der Waals surface area contributed by atoms with Gasteiger partial charge in [0.1, 0.15) is 17.2 Å². The lowest BCUT2D eigenvalue weighted by molar-refractivity contribution is -0.129. The molecule has 1 saturated carbocycles. The predicted octanol–water partition coefficient (Wildman–Crippen LogP) is 4.24. The topological polar surface area (TPSA) is 51.0 Å². The van der Waals surface area contributed by atoms with E-state index in [4.69, 9.17) is 4.98 Å². The Kier molecular flexibility index (Phi) is 4.78. The Morgan fingerprint density at radius 1 is 1.14 bits per heavy atom. The van der Waals surface area contributed by atoms with E-state index in [0.717, 1.165) is 35.5 Å². The smallest absolute Gasteiger partial charge is 0.227 e. The number of fused-ring (bicyclic) bond motifs is 1. The zero-order valence-corrected chi connectivity index (χ0v) is 16.4. The van der Waals surface area contributed by atoms with Crippen LogP contribution in [-0.2, 0) is 11.2 Å². The van der Waals surface area contributed by atoms with Gasteiger partial charge in [0.2, 0.25) is 5.91 Å². The van der Waals surface area contributed by atoms with Crippen LogP contribution in [0.3, 0.4) is 0 Å². The van der Waals surface area contributed by atoms with Crippen LogP contribution < -0.4 is 0 Å². The summed E-state index contributed by atoms with van der Waals surface area (Å²) in [7, 11) is 0. The third-order valence-electron chi connectivity index (χ3n) is 6.32. The highest BCUT2D eigenvalue weighted by atomic mass is 19.1. The molecule has 29 heavy (non-hydrogen) atoms. The molecule has 1 aromatic carbocycles. The average Bonchev–Trinajstić information content (AvgIpc) is 3.46. The van der Waals surface area contributed by atoms with Crippen molar-refractivity contribution in [2.45, 2.75) is 50.5 Å². The van der Waals surface area contributed by atoms with Gasteiger partial charge in [-0.3, -0.25) is 4.79 Å². The van der Waals surface area contributed by atoms with Gasteiger partial charge >= 0.3 is 0 Å². The Morgan fingerprint density at radius 3 is 2.83 bits per heavy atom. The minimum Gasteiger partial charge on any atom is -0.340 e. The third kappa shape index (κ3) is 3.52. The van der Waals surface area contributed by atoms with Crippen LogP contribution in [0.1, 0.15) is 55.5 Å². The lowest BCUT2D eigenvalue weighted by Crippen LogP contribution is -2.30. The molecule has 1 aliphatic heterocycles. The number of pyridine rings is 1. The second-order valence-corrected chi connectivity index (χ2v) is 8.26. The molecule has 1 amide bonds. The molecule has 3 heterocycles. The van der Waals surface area contributed by atoms with Gasteiger partial charge in [-0.2, -0.15) is 0 Å². The number of rotatable bonds is 4. The van der Waals surface area contributed by atoms with Gasteiger partial charge in [-0.15, -0.1) is 0 Å². The first-order valence-electron chi connectivity index (χ1n) is 10.5. The van der Waals surface area contributed by atoms with Crippen LogP contribution >= 0.6 is 0 Å². The minimum atomic E-state index is -0.299. The van der Waals surface area contributed by atoms with Crippen molar-refractivity contribution in [3.63, 3.8) is 0 Å². The van der Waals surface area contributed by atoms with E-state index >= 15 is 0 Å². The molecule has 1 saturated heterocycles. The lowest BCUT2D eigenvalue weighted by atomic mass is 10.1. The number of carbonyl (C=O) groups is 1. The SMILES string of the molecule is O=C(Cc1cccc(F)c1)N1CC[C@H](n2c(C3CCCC3)nc3cccnc32)C1. The fourth-order valence-electron chi connectivity index (χ4n) is 4.89. The predicted molar refractivity (Wildman–Crippen MR) is 109 cm³/mol. The summed E-state index contributed by atoms with van der Waals surface area (Å²) in [5, 5.41) is 0. The number of imidazole rings is 1. The number of benzene rings is 1. The Morgan fingerprint density at radius 2 is 2.00 bits per heavy atom. The highest BCUT2D eigenvalue weighted by Crippen LogP contribution is 2.38. The van der Waals surface area contributed by atoms with Gasteiger partial charge in [0.15, 0.2) is 5.65 Å². The molecule has 150 valence electrons. The number of nitrogens with zero attached hydrogens (tertiary/aromatic N) is 4. The van der Waals surface area contributed by atoms with Gasteiger partial charge in [-0.1, -0.05) is 25.0 Å². The van der Waals surface area contributed by atoms with Crippen molar-refractivity contribution in [3.8, 4) is 0 Å². The normalized spacial score (nSPS) is 20.0. The van der Waals surface area contributed by atoms with E-state index in [9.17, 15) is 9.18 Å². The summed E-state index contributed by atoms with van der Waals surface area (Å²) in [4.78, 5) is 24.3. The molecule has 1 atom stereocenters. The summed E-state index contributed by atoms with van der Waals surface area (Å²) >= 11 is 0. The highest BCUT2D eigenvalue weighted by molar-refractivity contribution is 5.79. The number of likely N-dealkylation sites (tertiary alicyclic amines) is 1. The molecule has 1 aliphatic carbocycles. The highest BCUT2D eigenvalue weighted by Gasteiger charge is 2.33. The zero-order valence-electron chi connectivity index (χ0n) is 16.4. The molecule has 5 nitrogen and oxygen atoms in total. The summed E-state index contributed by atoms with van der Waals surface area (Å²) in [5.41, 5.74) is 2.60. The first kappa shape index (κ1) is 18.3. The molecule has 6 heteroatoms. The standard InChI is InChI=1S/C23H25FN4O/c24-18-8-3-5-16(13-18)14-21(29)27-12-10-19(15-27)28-22(17-6-1-2-7-17)26-20-9-4-11-25-23(20)28/h3-5,8-9,11,13,17,19H,1-2,6-7,10,12,14-15H2/t19-/m0/s1. The summed E-state index contributed by atoms with van der Waals surface area (Å²) in [6, 6.07) is 10.5. The summed E-state index contributed by atoms with van der Waals surface area (Å²) in [5.74, 6) is 1.38. The van der Waals surface area contributed by atoms with E-state index in [0.29, 0.717) is 12.5 Å². The maximum atomic E-state index is 13.4. The largest absolute Gasteiger partial charge is 0.340 e. The Hall–Kier alpha value is -2.76. The Balaban J connectivity index is 1.39. The van der Waals surface area contributed by atoms with Crippen LogP contribution in [0.15, 0.2) is 42.6 Å². The fourth-order valence-corrected chi connectivity index (χ4v) is 4.89. The number of carbonyl (C=O) groups excluding carboxylic acids is 1. The number of hydrogen-bond acceptors (Lipinski definition) is 3. The number of aromatic nitrogens is 3. The molecule has 2 aliphatic rings. The third-order valence-corrected chi connectivity index (χ3v) is 6.32. The van der Waals surface area contributed by atoms with Gasteiger partial charge in [-0.05, 0) is 49.1 Å². The van der Waals surface area contributed by atoms with E-state index < -0.39 is 0 Å². The van der Waals surface area contributed by atoms with Crippen molar-refractivity contribution in [1.82, 2.24) is 19.4 Å². The lowest BCUT2D eigenvalue weighted by Gasteiger charge is -2.20. The quantitative estimate of drug-likeness (QED) is 0.667. The summed E-state index contributed by atoms with van der Waals surface area (Å²) in [6.07, 6.45) is 7.82. The number of halogens is 1. The van der Waals surface area contributed by atoms with Gasteiger partial charge in [-0.25, -0.2) is 14.4 Å². The first-order valence-corrected chi connectivity index (χ1v) is 10.5. The number of amides is 1. The second kappa shape index (κ2) is 7.58. The molecule has 0 bridgehead atoms. The molecule has 0 radical (unpaired) electrons. The van der Waals surface area contributed by atoms with Gasteiger partial charge in [0, 0.05) is 25.2 Å². The Bertz CT molecular complexity index is 1040. The van der Waals surface area contributed by atoms with E-state index in [1.54, 1.807) is 12.1 Å². The van der Waals surface area contributed by atoms with Crippen molar-refractivity contribution in [2.75, 3.05) is 13.1 Å². The molecule has 0 N–H and O–H groups in total. The molecule has 2 aromatic heterocycles. The van der Waals surface area contributed by atoms with E-state index in [-0.39, 0.29) is 24.2 Å². The maximum absolute atomic E-state index is 13.4. The van der Waals surface area contributed by atoms with E-state index in [2.05, 4.69) is 9.55 Å². The summed E-state index contributed by atoms with van der Waals surface area (Å²) < 4.78 is 15.7. The van der Waals surface area contributed by atoms with Gasteiger partial charge in [0.05, 0.1) is 12.5 Å². The van der Waals surface area contributed by atoms with Crippen molar-refractivity contribution in [2.24, 2.45) is 0 Å². The van der Waals surface area contributed by atoms with Gasteiger partial charge in [0.25, 0.3) is 0 Å². The fraction of sp³-hybridized carbons (Fsp3) is 0.435.